The van der Waals surface area contributed by atoms with E-state index in [1.165, 1.54) is 11.1 Å². The van der Waals surface area contributed by atoms with Crippen molar-refractivity contribution in [1.82, 2.24) is 10.6 Å². The second kappa shape index (κ2) is 9.68. The van der Waals surface area contributed by atoms with Crippen LogP contribution >= 0.6 is 0 Å². The van der Waals surface area contributed by atoms with Gasteiger partial charge in [-0.3, -0.25) is 9.59 Å². The Morgan fingerprint density at radius 1 is 0.969 bits per heavy atom. The summed E-state index contributed by atoms with van der Waals surface area (Å²) in [5.41, 5.74) is 4.67. The molecule has 0 bridgehead atoms. The highest BCUT2D eigenvalue weighted by Crippen LogP contribution is 2.44. The summed E-state index contributed by atoms with van der Waals surface area (Å²) >= 11 is 0. The Hall–Kier alpha value is -3.61. The number of ether oxygens (including phenoxy) is 1. The van der Waals surface area contributed by atoms with Gasteiger partial charge in [-0.2, -0.15) is 0 Å². The molecular weight excluding hydrogens is 408 g/mol. The Balaban J connectivity index is 1.18. The van der Waals surface area contributed by atoms with Gasteiger partial charge in [0.1, 0.15) is 6.61 Å². The molecule has 0 heterocycles. The molecule has 0 saturated heterocycles. The third-order valence-corrected chi connectivity index (χ3v) is 5.94. The average Bonchev–Trinajstić information content (AvgIpc) is 3.38. The number of hydrogen-bond donors (Lipinski definition) is 3. The number of carboxylic acids is 1. The van der Waals surface area contributed by atoms with Crippen molar-refractivity contribution in [3.63, 3.8) is 0 Å². The molecule has 7 heteroatoms. The third-order valence-electron chi connectivity index (χ3n) is 5.94. The highest BCUT2D eigenvalue weighted by molar-refractivity contribution is 5.79. The van der Waals surface area contributed by atoms with Gasteiger partial charge in [-0.05, 0) is 35.1 Å². The highest BCUT2D eigenvalue weighted by atomic mass is 16.5. The smallest absolute Gasteiger partial charge is 0.407 e. The molecular formula is C25H26N2O5. The van der Waals surface area contributed by atoms with Crippen molar-refractivity contribution in [2.24, 2.45) is 5.92 Å². The predicted octanol–water partition coefficient (Wildman–Crippen LogP) is 3.45. The first-order valence-corrected chi connectivity index (χ1v) is 10.8. The molecule has 4 rings (SSSR count). The van der Waals surface area contributed by atoms with Gasteiger partial charge in [-0.1, -0.05) is 60.7 Å². The van der Waals surface area contributed by atoms with E-state index >= 15 is 0 Å². The maximum absolute atomic E-state index is 12.1. The van der Waals surface area contributed by atoms with E-state index in [2.05, 4.69) is 34.9 Å². The average molecular weight is 434 g/mol. The Bertz CT molecular complexity index is 1000. The molecule has 7 nitrogen and oxygen atoms in total. The Labute approximate surface area is 186 Å². The van der Waals surface area contributed by atoms with Crippen molar-refractivity contribution in [3.05, 3.63) is 71.8 Å². The van der Waals surface area contributed by atoms with Crippen molar-refractivity contribution in [1.29, 1.82) is 0 Å². The molecule has 3 N–H and O–H groups in total. The number of nitrogens with one attached hydrogen (secondary N) is 2. The molecule has 2 aromatic rings. The van der Waals surface area contributed by atoms with E-state index in [0.29, 0.717) is 19.4 Å². The summed E-state index contributed by atoms with van der Waals surface area (Å²) < 4.78 is 5.47. The minimum atomic E-state index is -0.884. The molecule has 2 aromatic carbocycles. The maximum atomic E-state index is 12.1. The van der Waals surface area contributed by atoms with Gasteiger partial charge in [0.05, 0.1) is 5.92 Å². The van der Waals surface area contributed by atoms with E-state index in [1.807, 2.05) is 24.3 Å². The summed E-state index contributed by atoms with van der Waals surface area (Å²) in [4.78, 5) is 35.1. The van der Waals surface area contributed by atoms with Crippen LogP contribution in [0.5, 0.6) is 0 Å². The summed E-state index contributed by atoms with van der Waals surface area (Å²) in [6.07, 6.45) is 3.90. The first-order chi connectivity index (χ1) is 15.5. The van der Waals surface area contributed by atoms with Crippen molar-refractivity contribution < 1.29 is 24.2 Å². The van der Waals surface area contributed by atoms with E-state index in [1.54, 1.807) is 12.2 Å². The Morgan fingerprint density at radius 3 is 2.25 bits per heavy atom. The SMILES string of the molecule is O=C(CCCNC(=O)OCC1c2ccccc2-c2ccccc21)NC1C=CC(C(=O)O)C1. The number of carbonyl (C=O) groups excluding carboxylic acids is 2. The summed E-state index contributed by atoms with van der Waals surface area (Å²) in [5, 5.41) is 14.5. The van der Waals surface area contributed by atoms with E-state index < -0.39 is 18.0 Å². The van der Waals surface area contributed by atoms with Crippen LogP contribution in [0, 0.1) is 5.92 Å². The molecule has 2 atom stereocenters. The van der Waals surface area contributed by atoms with E-state index in [4.69, 9.17) is 9.84 Å². The lowest BCUT2D eigenvalue weighted by Gasteiger charge is -2.15. The first kappa shape index (κ1) is 21.6. The van der Waals surface area contributed by atoms with Crippen molar-refractivity contribution >= 4 is 18.0 Å². The van der Waals surface area contributed by atoms with E-state index in [9.17, 15) is 14.4 Å². The summed E-state index contributed by atoms with van der Waals surface area (Å²) in [5.74, 6) is -1.59. The zero-order valence-electron chi connectivity index (χ0n) is 17.6. The van der Waals surface area contributed by atoms with Gasteiger partial charge >= 0.3 is 12.1 Å². The van der Waals surface area contributed by atoms with Crippen LogP contribution in [0.2, 0.25) is 0 Å². The summed E-state index contributed by atoms with van der Waals surface area (Å²) in [6.45, 7) is 0.571. The molecule has 2 amide bonds. The van der Waals surface area contributed by atoms with Gasteiger partial charge in [-0.25, -0.2) is 4.79 Å². The zero-order valence-corrected chi connectivity index (χ0v) is 17.6. The second-order valence-corrected chi connectivity index (χ2v) is 8.10. The lowest BCUT2D eigenvalue weighted by Crippen LogP contribution is -2.34. The minimum absolute atomic E-state index is 0.00743. The van der Waals surface area contributed by atoms with Crippen LogP contribution in [0.4, 0.5) is 4.79 Å². The number of amides is 2. The van der Waals surface area contributed by atoms with Crippen LogP contribution in [0.15, 0.2) is 60.7 Å². The van der Waals surface area contributed by atoms with Gasteiger partial charge in [0.2, 0.25) is 5.91 Å². The topological polar surface area (TPSA) is 105 Å². The molecule has 0 radical (unpaired) electrons. The molecule has 0 fully saturated rings. The number of alkyl carbamates (subject to hydrolysis) is 1. The Morgan fingerprint density at radius 2 is 1.62 bits per heavy atom. The lowest BCUT2D eigenvalue weighted by molar-refractivity contribution is -0.140. The molecule has 166 valence electrons. The summed E-state index contributed by atoms with van der Waals surface area (Å²) in [7, 11) is 0. The van der Waals surface area contributed by atoms with E-state index in [-0.39, 0.29) is 30.9 Å². The standard InChI is InChI=1S/C25H26N2O5/c28-23(27-17-12-11-16(14-17)24(29)30)10-5-13-26-25(31)32-15-22-20-8-3-1-6-18(20)19-7-2-4-9-21(19)22/h1-4,6-9,11-12,16-17,22H,5,10,13-15H2,(H,26,31)(H,27,28)(H,29,30). The number of carbonyl (C=O) groups is 3. The molecule has 2 aliphatic carbocycles. The zero-order chi connectivity index (χ0) is 22.5. The fourth-order valence-electron chi connectivity index (χ4n) is 4.36. The third kappa shape index (κ3) is 4.82. The number of hydrogen-bond acceptors (Lipinski definition) is 4. The molecule has 0 aliphatic heterocycles. The second-order valence-electron chi connectivity index (χ2n) is 8.10. The Kier molecular flexibility index (Phi) is 6.54. The van der Waals surface area contributed by atoms with Gasteiger partial charge in [0.15, 0.2) is 0 Å². The van der Waals surface area contributed by atoms with Crippen LogP contribution in [0.1, 0.15) is 36.3 Å². The van der Waals surface area contributed by atoms with Gasteiger partial charge in [0, 0.05) is 24.9 Å². The molecule has 2 unspecified atom stereocenters. The van der Waals surface area contributed by atoms with Crippen LogP contribution < -0.4 is 10.6 Å². The van der Waals surface area contributed by atoms with Crippen LogP contribution in [0.25, 0.3) is 11.1 Å². The monoisotopic (exact) mass is 434 g/mol. The fraction of sp³-hybridized carbons (Fsp3) is 0.320. The number of rotatable bonds is 8. The molecule has 0 spiro atoms. The van der Waals surface area contributed by atoms with Gasteiger partial charge < -0.3 is 20.5 Å². The van der Waals surface area contributed by atoms with Crippen molar-refractivity contribution in [2.45, 2.75) is 31.2 Å². The minimum Gasteiger partial charge on any atom is -0.481 e. The van der Waals surface area contributed by atoms with Gasteiger partial charge in [-0.15, -0.1) is 0 Å². The maximum Gasteiger partial charge on any atom is 0.407 e. The van der Waals surface area contributed by atoms with Crippen molar-refractivity contribution in [2.75, 3.05) is 13.2 Å². The van der Waals surface area contributed by atoms with Crippen LogP contribution in [0.3, 0.4) is 0 Å². The van der Waals surface area contributed by atoms with E-state index in [0.717, 1.165) is 11.1 Å². The van der Waals surface area contributed by atoms with Crippen LogP contribution in [-0.4, -0.2) is 42.3 Å². The molecule has 0 aromatic heterocycles. The number of aliphatic carboxylic acids is 1. The molecule has 0 saturated carbocycles. The molecule has 32 heavy (non-hydrogen) atoms. The number of fused-ring (bicyclic) bond motifs is 3. The fourth-order valence-corrected chi connectivity index (χ4v) is 4.36. The normalized spacial score (nSPS) is 18.6. The lowest BCUT2D eigenvalue weighted by atomic mass is 9.98. The van der Waals surface area contributed by atoms with Gasteiger partial charge in [0.25, 0.3) is 0 Å². The first-order valence-electron chi connectivity index (χ1n) is 10.8. The predicted molar refractivity (Wildman–Crippen MR) is 119 cm³/mol. The molecule has 2 aliphatic rings. The van der Waals surface area contributed by atoms with Crippen LogP contribution in [-0.2, 0) is 14.3 Å². The quantitative estimate of drug-likeness (QED) is 0.436. The number of carboxylic acid groups (broad SMARTS) is 1. The summed E-state index contributed by atoms with van der Waals surface area (Å²) in [6, 6.07) is 16.1. The van der Waals surface area contributed by atoms with Crippen molar-refractivity contribution in [3.8, 4) is 11.1 Å². The number of benzene rings is 2. The largest absolute Gasteiger partial charge is 0.481 e. The highest BCUT2D eigenvalue weighted by Gasteiger charge is 2.29.